The Morgan fingerprint density at radius 2 is 1.92 bits per heavy atom. The van der Waals surface area contributed by atoms with Gasteiger partial charge in [-0.25, -0.2) is 0 Å². The Bertz CT molecular complexity index is 572. The highest BCUT2D eigenvalue weighted by Gasteiger charge is 2.39. The molecule has 1 saturated carbocycles. The highest BCUT2D eigenvalue weighted by molar-refractivity contribution is 5.29. The molecule has 3 atom stereocenters. The Hall–Kier alpha value is -1.38. The van der Waals surface area contributed by atoms with Gasteiger partial charge in [-0.2, -0.15) is 0 Å². The zero-order chi connectivity index (χ0) is 18.4. The summed E-state index contributed by atoms with van der Waals surface area (Å²) in [5.74, 6) is 0.909. The minimum atomic E-state index is -0.142. The minimum Gasteiger partial charge on any atom is -0.395 e. The Morgan fingerprint density at radius 3 is 2.40 bits per heavy atom. The second-order valence-corrected chi connectivity index (χ2v) is 7.73. The lowest BCUT2D eigenvalue weighted by Gasteiger charge is -2.43. The maximum absolute atomic E-state index is 9.93. The maximum Gasteiger partial charge on any atom is 0.0522 e. The van der Waals surface area contributed by atoms with Crippen molar-refractivity contribution >= 4 is 0 Å². The lowest BCUT2D eigenvalue weighted by molar-refractivity contribution is 0.100. The fourth-order valence-electron chi connectivity index (χ4n) is 4.24. The van der Waals surface area contributed by atoms with Gasteiger partial charge in [0.1, 0.15) is 0 Å². The van der Waals surface area contributed by atoms with E-state index in [1.165, 1.54) is 16.7 Å². The molecule has 0 aromatic heterocycles. The normalized spacial score (nSPS) is 26.6. The van der Waals surface area contributed by atoms with Gasteiger partial charge in [0.2, 0.25) is 0 Å². The van der Waals surface area contributed by atoms with Gasteiger partial charge in [0, 0.05) is 12.0 Å². The van der Waals surface area contributed by atoms with Crippen LogP contribution in [0, 0.1) is 11.3 Å². The third-order valence-corrected chi connectivity index (χ3v) is 6.15. The van der Waals surface area contributed by atoms with Crippen LogP contribution >= 0.6 is 0 Å². The first-order chi connectivity index (χ1) is 12.0. The monoisotopic (exact) mass is 341 g/mol. The average molecular weight is 342 g/mol. The van der Waals surface area contributed by atoms with Crippen LogP contribution in [0.3, 0.4) is 0 Å². The van der Waals surface area contributed by atoms with Crippen molar-refractivity contribution in [1.82, 2.24) is 4.90 Å². The number of aliphatic hydroxyl groups is 1. The van der Waals surface area contributed by atoms with E-state index in [1.807, 2.05) is 6.08 Å². The van der Waals surface area contributed by atoms with Crippen LogP contribution in [0.1, 0.15) is 57.1 Å². The van der Waals surface area contributed by atoms with Gasteiger partial charge in [-0.3, -0.25) is 4.90 Å². The predicted octanol–water partition coefficient (Wildman–Crippen LogP) is 5.15. The minimum absolute atomic E-state index is 0.142. The van der Waals surface area contributed by atoms with Crippen molar-refractivity contribution in [1.29, 1.82) is 0 Å². The standard InChI is InChI=1S/C23H35NO/c1-6-23(17-25)14-13-21(18(4)5)22(15-23)20-11-9-19(10-12-20)16-24(7-2)8-3/h6,9-12,21-22,25H,1,4,7-8,13-17H2,2-3,5H3/t21?,22-,23-/m0/s1. The Morgan fingerprint density at radius 1 is 1.28 bits per heavy atom. The zero-order valence-electron chi connectivity index (χ0n) is 16.3. The molecule has 138 valence electrons. The van der Waals surface area contributed by atoms with Crippen molar-refractivity contribution in [3.63, 3.8) is 0 Å². The first kappa shape index (κ1) is 19.9. The van der Waals surface area contributed by atoms with E-state index in [2.05, 4.69) is 63.1 Å². The molecule has 1 aliphatic carbocycles. The summed E-state index contributed by atoms with van der Waals surface area (Å²) in [6.45, 7) is 18.2. The van der Waals surface area contributed by atoms with E-state index in [0.717, 1.165) is 38.9 Å². The van der Waals surface area contributed by atoms with Crippen molar-refractivity contribution in [2.45, 2.75) is 52.5 Å². The van der Waals surface area contributed by atoms with Crippen molar-refractivity contribution in [2.24, 2.45) is 11.3 Å². The van der Waals surface area contributed by atoms with E-state index in [-0.39, 0.29) is 12.0 Å². The van der Waals surface area contributed by atoms with Gasteiger partial charge >= 0.3 is 0 Å². The van der Waals surface area contributed by atoms with Crippen LogP contribution in [0.4, 0.5) is 0 Å². The molecule has 0 heterocycles. The van der Waals surface area contributed by atoms with Crippen LogP contribution in [-0.4, -0.2) is 29.7 Å². The number of hydrogen-bond acceptors (Lipinski definition) is 2. The average Bonchev–Trinajstić information content (AvgIpc) is 2.65. The van der Waals surface area contributed by atoms with E-state index < -0.39 is 0 Å². The van der Waals surface area contributed by atoms with Gasteiger partial charge in [0.05, 0.1) is 6.61 Å². The van der Waals surface area contributed by atoms with Gasteiger partial charge < -0.3 is 5.11 Å². The smallest absolute Gasteiger partial charge is 0.0522 e. The molecule has 0 radical (unpaired) electrons. The van der Waals surface area contributed by atoms with Crippen LogP contribution in [0.15, 0.2) is 49.1 Å². The van der Waals surface area contributed by atoms with Gasteiger partial charge in [0.25, 0.3) is 0 Å². The molecule has 1 aromatic rings. The van der Waals surface area contributed by atoms with E-state index in [9.17, 15) is 5.11 Å². The van der Waals surface area contributed by atoms with E-state index in [1.54, 1.807) is 0 Å². The quantitative estimate of drug-likeness (QED) is 0.661. The third kappa shape index (κ3) is 4.62. The molecular weight excluding hydrogens is 306 g/mol. The second kappa shape index (κ2) is 8.82. The number of aliphatic hydroxyl groups excluding tert-OH is 1. The van der Waals surface area contributed by atoms with Crippen LogP contribution < -0.4 is 0 Å². The number of rotatable bonds is 8. The van der Waals surface area contributed by atoms with Crippen LogP contribution in [0.5, 0.6) is 0 Å². The molecular formula is C23H35NO. The third-order valence-electron chi connectivity index (χ3n) is 6.15. The summed E-state index contributed by atoms with van der Waals surface area (Å²) in [5.41, 5.74) is 3.85. The SMILES string of the molecule is C=C[C@]1(CO)CCC(C(=C)C)[C@H](c2ccc(CN(CC)CC)cc2)C1. The molecule has 0 saturated heterocycles. The fourth-order valence-corrected chi connectivity index (χ4v) is 4.24. The van der Waals surface area contributed by atoms with Gasteiger partial charge in [0.15, 0.2) is 0 Å². The summed E-state index contributed by atoms with van der Waals surface area (Å²) < 4.78 is 0. The maximum atomic E-state index is 9.93. The summed E-state index contributed by atoms with van der Waals surface area (Å²) in [6.07, 6.45) is 5.01. The van der Waals surface area contributed by atoms with Crippen LogP contribution in [0.25, 0.3) is 0 Å². The van der Waals surface area contributed by atoms with Crippen molar-refractivity contribution in [3.05, 3.63) is 60.2 Å². The largest absolute Gasteiger partial charge is 0.395 e. The van der Waals surface area contributed by atoms with Gasteiger partial charge in [-0.05, 0) is 62.2 Å². The van der Waals surface area contributed by atoms with Crippen LogP contribution in [0.2, 0.25) is 0 Å². The highest BCUT2D eigenvalue weighted by atomic mass is 16.3. The molecule has 0 aliphatic heterocycles. The molecule has 1 aromatic carbocycles. The topological polar surface area (TPSA) is 23.5 Å². The molecule has 2 rings (SSSR count). The van der Waals surface area contributed by atoms with Crippen molar-refractivity contribution < 1.29 is 5.11 Å². The molecule has 1 unspecified atom stereocenters. The fraction of sp³-hybridized carbons (Fsp3) is 0.565. The molecule has 0 amide bonds. The number of hydrogen-bond donors (Lipinski definition) is 1. The van der Waals surface area contributed by atoms with Crippen molar-refractivity contribution in [3.8, 4) is 0 Å². The second-order valence-electron chi connectivity index (χ2n) is 7.73. The highest BCUT2D eigenvalue weighted by Crippen LogP contribution is 2.49. The Balaban J connectivity index is 2.22. The summed E-state index contributed by atoms with van der Waals surface area (Å²) in [6, 6.07) is 9.12. The van der Waals surface area contributed by atoms with Gasteiger partial charge in [-0.15, -0.1) is 6.58 Å². The Labute approximate surface area is 154 Å². The zero-order valence-corrected chi connectivity index (χ0v) is 16.3. The first-order valence-corrected chi connectivity index (χ1v) is 9.69. The summed E-state index contributed by atoms with van der Waals surface area (Å²) in [5, 5.41) is 9.93. The molecule has 1 N–H and O–H groups in total. The molecule has 0 bridgehead atoms. The van der Waals surface area contributed by atoms with Crippen molar-refractivity contribution in [2.75, 3.05) is 19.7 Å². The number of nitrogens with zero attached hydrogens (tertiary/aromatic N) is 1. The van der Waals surface area contributed by atoms with Crippen LogP contribution in [-0.2, 0) is 6.54 Å². The number of benzene rings is 1. The molecule has 1 fully saturated rings. The lowest BCUT2D eigenvalue weighted by atomic mass is 9.62. The summed E-state index contributed by atoms with van der Waals surface area (Å²) in [4.78, 5) is 2.43. The summed E-state index contributed by atoms with van der Waals surface area (Å²) in [7, 11) is 0. The van der Waals surface area contributed by atoms with E-state index >= 15 is 0 Å². The number of allylic oxidation sites excluding steroid dienone is 1. The van der Waals surface area contributed by atoms with Gasteiger partial charge in [-0.1, -0.05) is 56.3 Å². The van der Waals surface area contributed by atoms with E-state index in [4.69, 9.17) is 0 Å². The first-order valence-electron chi connectivity index (χ1n) is 9.69. The molecule has 25 heavy (non-hydrogen) atoms. The Kier molecular flexibility index (Phi) is 7.04. The molecule has 1 aliphatic rings. The summed E-state index contributed by atoms with van der Waals surface area (Å²) >= 11 is 0. The molecule has 2 heteroatoms. The molecule has 0 spiro atoms. The predicted molar refractivity (Wildman–Crippen MR) is 108 cm³/mol. The van der Waals surface area contributed by atoms with E-state index in [0.29, 0.717) is 11.8 Å². The lowest BCUT2D eigenvalue weighted by Crippen LogP contribution is -2.34. The molecule has 2 nitrogen and oxygen atoms in total.